The lowest BCUT2D eigenvalue weighted by atomic mass is 10.2. The van der Waals surface area contributed by atoms with Gasteiger partial charge >= 0.3 is 0 Å². The number of unbranched alkanes of at least 4 members (excludes halogenated alkanes) is 1. The summed E-state index contributed by atoms with van der Waals surface area (Å²) in [6.45, 7) is 10.2. The molecule has 6 heteroatoms. The molecule has 1 saturated heterocycles. The summed E-state index contributed by atoms with van der Waals surface area (Å²) in [4.78, 5) is 10.8. The summed E-state index contributed by atoms with van der Waals surface area (Å²) in [7, 11) is 2.11. The molecule has 0 bridgehead atoms. The first-order valence-electron chi connectivity index (χ1n) is 10.9. The van der Waals surface area contributed by atoms with Crippen LogP contribution >= 0.6 is 12.6 Å². The van der Waals surface area contributed by atoms with E-state index < -0.39 is 0 Å². The van der Waals surface area contributed by atoms with Gasteiger partial charge in [0, 0.05) is 38.1 Å². The maximum absolute atomic E-state index is 5.14. The molecule has 3 aromatic rings. The van der Waals surface area contributed by atoms with Gasteiger partial charge in [-0.05, 0) is 49.7 Å². The first kappa shape index (κ1) is 22.7. The van der Waals surface area contributed by atoms with Gasteiger partial charge in [0.2, 0.25) is 0 Å². The Morgan fingerprint density at radius 1 is 1.07 bits per heavy atom. The third kappa shape index (κ3) is 5.56. The molecule has 1 aromatic heterocycles. The van der Waals surface area contributed by atoms with E-state index in [0.29, 0.717) is 0 Å². The fourth-order valence-corrected chi connectivity index (χ4v) is 4.06. The van der Waals surface area contributed by atoms with Crippen LogP contribution in [-0.4, -0.2) is 47.2 Å². The smallest absolute Gasteiger partial charge is 0.123 e. The lowest BCUT2D eigenvalue weighted by molar-refractivity contribution is 0.242. The maximum atomic E-state index is 5.14. The summed E-state index contributed by atoms with van der Waals surface area (Å²) < 4.78 is 2.22. The molecule has 0 amide bonds. The number of rotatable bonds is 5. The molecule has 0 spiro atoms. The largest absolute Gasteiger partial charge is 0.368 e. The van der Waals surface area contributed by atoms with Gasteiger partial charge in [0.1, 0.15) is 5.82 Å². The molecule has 1 aliphatic heterocycles. The van der Waals surface area contributed by atoms with Crippen LogP contribution in [0.2, 0.25) is 0 Å². The number of para-hydroxylation sites is 2. The van der Waals surface area contributed by atoms with Crippen molar-refractivity contribution in [3.05, 3.63) is 53.9 Å². The Balaban J connectivity index is 0.000000461. The third-order valence-corrected chi connectivity index (χ3v) is 6.02. The maximum Gasteiger partial charge on any atom is 0.123 e. The highest BCUT2D eigenvalue weighted by Crippen LogP contribution is 2.26. The molecule has 0 aliphatic carbocycles. The minimum atomic E-state index is 0.844. The van der Waals surface area contributed by atoms with Gasteiger partial charge in [-0.15, -0.1) is 12.6 Å². The Morgan fingerprint density at radius 3 is 2.43 bits per heavy atom. The quantitative estimate of drug-likeness (QED) is 0.601. The van der Waals surface area contributed by atoms with Crippen LogP contribution in [0.1, 0.15) is 31.2 Å². The molecule has 5 nitrogen and oxygen atoms in total. The fraction of sp³-hybridized carbons (Fsp3) is 0.458. The second-order valence-electron chi connectivity index (χ2n) is 7.97. The summed E-state index contributed by atoms with van der Waals surface area (Å²) in [6, 6.07) is 14.8. The zero-order valence-electron chi connectivity index (χ0n) is 18.5. The molecule has 0 radical (unpaired) electrons. The van der Waals surface area contributed by atoms with E-state index in [2.05, 4.69) is 90.4 Å². The summed E-state index contributed by atoms with van der Waals surface area (Å²) in [5, 5.41) is 0. The molecule has 0 saturated carbocycles. The number of fused-ring (bicyclic) bond motifs is 1. The first-order chi connectivity index (χ1) is 14.5. The fourth-order valence-electron chi connectivity index (χ4n) is 3.77. The number of piperazine rings is 1. The molecule has 0 unspecified atom stereocenters. The van der Waals surface area contributed by atoms with Crippen LogP contribution in [0.3, 0.4) is 0 Å². The van der Waals surface area contributed by atoms with Gasteiger partial charge in [-0.2, -0.15) is 0 Å². The van der Waals surface area contributed by atoms with Crippen molar-refractivity contribution in [2.24, 2.45) is 12.8 Å². The van der Waals surface area contributed by atoms with Crippen LogP contribution in [0.5, 0.6) is 0 Å². The Kier molecular flexibility index (Phi) is 8.19. The third-order valence-electron chi connectivity index (χ3n) is 5.65. The summed E-state index contributed by atoms with van der Waals surface area (Å²) in [5.41, 5.74) is 9.97. The van der Waals surface area contributed by atoms with E-state index in [1.54, 1.807) is 0 Å². The molecule has 2 N–H and O–H groups in total. The average Bonchev–Trinajstić information content (AvgIpc) is 3.07. The van der Waals surface area contributed by atoms with Crippen molar-refractivity contribution in [1.29, 1.82) is 0 Å². The van der Waals surface area contributed by atoms with Gasteiger partial charge in [-0.25, -0.2) is 4.98 Å². The van der Waals surface area contributed by atoms with Gasteiger partial charge in [-0.3, -0.25) is 4.90 Å². The highest BCUT2D eigenvalue weighted by molar-refractivity contribution is 7.80. The number of thiol groups is 1. The van der Waals surface area contributed by atoms with Crippen molar-refractivity contribution < 1.29 is 0 Å². The number of nitrogens with zero attached hydrogens (tertiary/aromatic N) is 4. The van der Waals surface area contributed by atoms with Crippen LogP contribution < -0.4 is 10.6 Å². The van der Waals surface area contributed by atoms with E-state index >= 15 is 0 Å². The number of aryl methyl sites for hydroxylation is 2. The molecule has 1 fully saturated rings. The number of hydrogen-bond donors (Lipinski definition) is 2. The second-order valence-corrected chi connectivity index (χ2v) is 8.46. The number of imidazole rings is 1. The highest BCUT2D eigenvalue weighted by atomic mass is 32.1. The van der Waals surface area contributed by atoms with Gasteiger partial charge in [0.25, 0.3) is 0 Å². The number of aromatic nitrogens is 2. The van der Waals surface area contributed by atoms with Gasteiger partial charge in [0.05, 0.1) is 23.3 Å². The lowest BCUT2D eigenvalue weighted by Crippen LogP contribution is -2.46. The SMILES string of the molecule is CCCCN.Cc1ccc(S)c(N2CCN(Cc3nc4ccccc4n3C)CC2)c1. The minimum absolute atomic E-state index is 0.844. The number of hydrogen-bond acceptors (Lipinski definition) is 5. The van der Waals surface area contributed by atoms with Crippen molar-refractivity contribution in [3.8, 4) is 0 Å². The van der Waals surface area contributed by atoms with Crippen LogP contribution in [0, 0.1) is 6.92 Å². The Bertz CT molecular complexity index is 942. The Morgan fingerprint density at radius 2 is 1.80 bits per heavy atom. The molecular formula is C24H35N5S. The van der Waals surface area contributed by atoms with E-state index in [-0.39, 0.29) is 0 Å². The molecule has 4 rings (SSSR count). The second kappa shape index (κ2) is 10.8. The molecular weight excluding hydrogens is 390 g/mol. The lowest BCUT2D eigenvalue weighted by Gasteiger charge is -2.36. The topological polar surface area (TPSA) is 50.3 Å². The first-order valence-corrected chi connectivity index (χ1v) is 11.4. The standard InChI is InChI=1S/C20H24N4S.C4H11N/c1-15-7-8-19(25)18(13-15)24-11-9-23(10-12-24)14-20-21-16-5-3-4-6-17(16)22(20)2;1-2-3-4-5/h3-8,13,25H,9-12,14H2,1-2H3;2-5H2,1H3. The van der Waals surface area contributed by atoms with E-state index in [1.165, 1.54) is 29.6 Å². The monoisotopic (exact) mass is 425 g/mol. The summed E-state index contributed by atoms with van der Waals surface area (Å²) in [6.07, 6.45) is 2.39. The Labute approximate surface area is 186 Å². The van der Waals surface area contributed by atoms with E-state index in [4.69, 9.17) is 10.7 Å². The van der Waals surface area contributed by atoms with Crippen LogP contribution in [-0.2, 0) is 13.6 Å². The Hall–Kier alpha value is -2.02. The van der Waals surface area contributed by atoms with Crippen molar-refractivity contribution in [3.63, 3.8) is 0 Å². The molecule has 0 atom stereocenters. The number of nitrogens with two attached hydrogens (primary N) is 1. The average molecular weight is 426 g/mol. The number of anilines is 1. The molecule has 2 heterocycles. The molecule has 1 aliphatic rings. The summed E-state index contributed by atoms with van der Waals surface area (Å²) in [5.74, 6) is 1.14. The number of benzene rings is 2. The molecule has 2 aromatic carbocycles. The predicted octanol–water partition coefficient (Wildman–Crippen LogP) is 4.24. The summed E-state index contributed by atoms with van der Waals surface area (Å²) >= 11 is 4.63. The van der Waals surface area contributed by atoms with Crippen molar-refractivity contribution in [2.45, 2.75) is 38.1 Å². The van der Waals surface area contributed by atoms with E-state index in [9.17, 15) is 0 Å². The highest BCUT2D eigenvalue weighted by Gasteiger charge is 2.20. The zero-order chi connectivity index (χ0) is 21.5. The normalized spacial score (nSPS) is 14.6. The molecule has 162 valence electrons. The van der Waals surface area contributed by atoms with E-state index in [1.807, 2.05) is 0 Å². The van der Waals surface area contributed by atoms with Gasteiger partial charge < -0.3 is 15.2 Å². The van der Waals surface area contributed by atoms with Crippen LogP contribution in [0.25, 0.3) is 11.0 Å². The van der Waals surface area contributed by atoms with Crippen molar-refractivity contribution in [1.82, 2.24) is 14.5 Å². The van der Waals surface area contributed by atoms with Crippen LogP contribution in [0.15, 0.2) is 47.4 Å². The van der Waals surface area contributed by atoms with Gasteiger partial charge in [0.15, 0.2) is 0 Å². The van der Waals surface area contributed by atoms with Crippen molar-refractivity contribution >= 4 is 29.3 Å². The van der Waals surface area contributed by atoms with E-state index in [0.717, 1.165) is 55.5 Å². The zero-order valence-corrected chi connectivity index (χ0v) is 19.4. The van der Waals surface area contributed by atoms with Crippen LogP contribution in [0.4, 0.5) is 5.69 Å². The van der Waals surface area contributed by atoms with Crippen molar-refractivity contribution in [2.75, 3.05) is 37.6 Å². The predicted molar refractivity (Wildman–Crippen MR) is 131 cm³/mol. The molecule has 30 heavy (non-hydrogen) atoms. The minimum Gasteiger partial charge on any atom is -0.368 e. The van der Waals surface area contributed by atoms with Gasteiger partial charge in [-0.1, -0.05) is 31.5 Å².